The first kappa shape index (κ1) is 19.5. The zero-order valence-electron chi connectivity index (χ0n) is 15.1. The summed E-state index contributed by atoms with van der Waals surface area (Å²) in [5.74, 6) is 0.213. The predicted octanol–water partition coefficient (Wildman–Crippen LogP) is 5.89. The van der Waals surface area contributed by atoms with Gasteiger partial charge in [-0.25, -0.2) is 4.79 Å². The van der Waals surface area contributed by atoms with Crippen molar-refractivity contribution in [2.45, 2.75) is 13.8 Å². The molecule has 0 amide bonds. The molecule has 27 heavy (non-hydrogen) atoms. The molecule has 0 spiro atoms. The third-order valence-electron chi connectivity index (χ3n) is 4.16. The minimum Gasteiger partial charge on any atom is -0.495 e. The summed E-state index contributed by atoms with van der Waals surface area (Å²) in [6, 6.07) is 9.25. The molecule has 3 rings (SSSR count). The van der Waals surface area contributed by atoms with E-state index in [9.17, 15) is 4.79 Å². The van der Waals surface area contributed by atoms with E-state index in [2.05, 4.69) is 26.2 Å². The van der Waals surface area contributed by atoms with Crippen molar-refractivity contribution in [2.75, 3.05) is 19.0 Å². The monoisotopic (exact) mass is 448 g/mol. The lowest BCUT2D eigenvalue weighted by atomic mass is 10.1. The SMILES string of the molecule is CCOC(=O)c1cnc2cc(OC)c(Br)cc2c1Nc1cccc(Cl)c1C. The van der Waals surface area contributed by atoms with Gasteiger partial charge in [0.25, 0.3) is 0 Å². The van der Waals surface area contributed by atoms with Crippen molar-refractivity contribution < 1.29 is 14.3 Å². The van der Waals surface area contributed by atoms with Gasteiger partial charge < -0.3 is 14.8 Å². The molecule has 0 unspecified atom stereocenters. The van der Waals surface area contributed by atoms with Crippen molar-refractivity contribution in [1.82, 2.24) is 4.98 Å². The molecule has 1 N–H and O–H groups in total. The van der Waals surface area contributed by atoms with E-state index in [1.165, 1.54) is 6.20 Å². The second-order valence-electron chi connectivity index (χ2n) is 5.81. The molecule has 7 heteroatoms. The smallest absolute Gasteiger partial charge is 0.341 e. The normalized spacial score (nSPS) is 10.7. The fourth-order valence-electron chi connectivity index (χ4n) is 2.73. The summed E-state index contributed by atoms with van der Waals surface area (Å²) in [6.07, 6.45) is 1.51. The third-order valence-corrected chi connectivity index (χ3v) is 5.19. The molecular weight excluding hydrogens is 432 g/mol. The zero-order valence-corrected chi connectivity index (χ0v) is 17.4. The van der Waals surface area contributed by atoms with Crippen LogP contribution in [0.3, 0.4) is 0 Å². The standard InChI is InChI=1S/C20H18BrClN2O3/c1-4-27-20(25)13-10-23-17-9-18(26-3)14(21)8-12(17)19(13)24-16-7-5-6-15(22)11(16)2/h5-10H,4H2,1-3H3,(H,23,24). The van der Waals surface area contributed by atoms with Gasteiger partial charge in [0, 0.05) is 28.4 Å². The van der Waals surface area contributed by atoms with Crippen LogP contribution in [0.5, 0.6) is 5.75 Å². The van der Waals surface area contributed by atoms with E-state index >= 15 is 0 Å². The van der Waals surface area contributed by atoms with Gasteiger partial charge in [-0.1, -0.05) is 17.7 Å². The number of rotatable bonds is 5. The number of hydrogen-bond acceptors (Lipinski definition) is 5. The topological polar surface area (TPSA) is 60.5 Å². The second kappa shape index (κ2) is 8.15. The van der Waals surface area contributed by atoms with Crippen LogP contribution in [0.2, 0.25) is 5.02 Å². The Labute approximate surface area is 170 Å². The van der Waals surface area contributed by atoms with E-state index in [1.807, 2.05) is 37.3 Å². The van der Waals surface area contributed by atoms with Gasteiger partial charge in [0.2, 0.25) is 0 Å². The van der Waals surface area contributed by atoms with Crippen molar-refractivity contribution in [3.8, 4) is 5.75 Å². The lowest BCUT2D eigenvalue weighted by Gasteiger charge is -2.17. The van der Waals surface area contributed by atoms with Gasteiger partial charge in [0.05, 0.1) is 29.4 Å². The van der Waals surface area contributed by atoms with Gasteiger partial charge in [0.1, 0.15) is 11.3 Å². The first-order valence-corrected chi connectivity index (χ1v) is 9.48. The highest BCUT2D eigenvalue weighted by Gasteiger charge is 2.19. The molecule has 0 aliphatic carbocycles. The molecule has 0 saturated carbocycles. The number of pyridine rings is 1. The molecule has 1 heterocycles. The van der Waals surface area contributed by atoms with Crippen LogP contribution in [0.15, 0.2) is 41.0 Å². The number of hydrogen-bond donors (Lipinski definition) is 1. The molecule has 0 fully saturated rings. The van der Waals surface area contributed by atoms with Gasteiger partial charge >= 0.3 is 5.97 Å². The molecule has 0 bridgehead atoms. The number of nitrogens with one attached hydrogen (secondary N) is 1. The maximum absolute atomic E-state index is 12.5. The summed E-state index contributed by atoms with van der Waals surface area (Å²) >= 11 is 9.74. The molecule has 0 aliphatic rings. The highest BCUT2D eigenvalue weighted by Crippen LogP contribution is 2.37. The number of carbonyl (C=O) groups is 1. The first-order chi connectivity index (χ1) is 13.0. The van der Waals surface area contributed by atoms with Crippen LogP contribution in [0, 0.1) is 6.92 Å². The Hall–Kier alpha value is -2.31. The predicted molar refractivity (Wildman–Crippen MR) is 111 cm³/mol. The lowest BCUT2D eigenvalue weighted by Crippen LogP contribution is -2.09. The number of ether oxygens (including phenoxy) is 2. The van der Waals surface area contributed by atoms with E-state index in [0.717, 1.165) is 21.1 Å². The van der Waals surface area contributed by atoms with Crippen molar-refractivity contribution in [3.63, 3.8) is 0 Å². The van der Waals surface area contributed by atoms with Crippen molar-refractivity contribution in [3.05, 3.63) is 57.2 Å². The molecule has 0 aliphatic heterocycles. The van der Waals surface area contributed by atoms with Crippen LogP contribution < -0.4 is 10.1 Å². The van der Waals surface area contributed by atoms with Crippen LogP contribution >= 0.6 is 27.5 Å². The Balaban J connectivity index is 2.24. The Bertz CT molecular complexity index is 1020. The first-order valence-electron chi connectivity index (χ1n) is 8.31. The third kappa shape index (κ3) is 3.87. The minimum atomic E-state index is -0.443. The molecule has 0 atom stereocenters. The summed E-state index contributed by atoms with van der Waals surface area (Å²) in [4.78, 5) is 16.9. The average Bonchev–Trinajstić information content (AvgIpc) is 2.65. The van der Waals surface area contributed by atoms with Crippen LogP contribution in [-0.4, -0.2) is 24.7 Å². The van der Waals surface area contributed by atoms with Crippen LogP contribution in [-0.2, 0) is 4.74 Å². The van der Waals surface area contributed by atoms with E-state index < -0.39 is 5.97 Å². The molecule has 1 aromatic heterocycles. The van der Waals surface area contributed by atoms with Gasteiger partial charge in [-0.05, 0) is 53.5 Å². The number of halogens is 2. The number of methoxy groups -OCH3 is 1. The van der Waals surface area contributed by atoms with Crippen LogP contribution in [0.1, 0.15) is 22.8 Å². The van der Waals surface area contributed by atoms with Gasteiger partial charge in [-0.2, -0.15) is 0 Å². The minimum absolute atomic E-state index is 0.277. The summed E-state index contributed by atoms with van der Waals surface area (Å²) in [5, 5.41) is 4.74. The Kier molecular flexibility index (Phi) is 5.87. The van der Waals surface area contributed by atoms with Gasteiger partial charge in [0.15, 0.2) is 0 Å². The summed E-state index contributed by atoms with van der Waals surface area (Å²) in [5.41, 5.74) is 3.32. The highest BCUT2D eigenvalue weighted by atomic mass is 79.9. The number of benzene rings is 2. The van der Waals surface area contributed by atoms with Crippen molar-refractivity contribution in [1.29, 1.82) is 0 Å². The number of aromatic nitrogens is 1. The molecule has 2 aromatic carbocycles. The summed E-state index contributed by atoms with van der Waals surface area (Å²) in [6.45, 7) is 3.96. The summed E-state index contributed by atoms with van der Waals surface area (Å²) in [7, 11) is 1.59. The van der Waals surface area contributed by atoms with Crippen molar-refractivity contribution in [2.24, 2.45) is 0 Å². The maximum Gasteiger partial charge on any atom is 0.341 e. The number of fused-ring (bicyclic) bond motifs is 1. The Morgan fingerprint density at radius 2 is 2.11 bits per heavy atom. The largest absolute Gasteiger partial charge is 0.495 e. The quantitative estimate of drug-likeness (QED) is 0.492. The van der Waals surface area contributed by atoms with Crippen LogP contribution in [0.25, 0.3) is 10.9 Å². The second-order valence-corrected chi connectivity index (χ2v) is 7.07. The average molecular weight is 450 g/mol. The fourth-order valence-corrected chi connectivity index (χ4v) is 3.41. The Morgan fingerprint density at radius 3 is 2.81 bits per heavy atom. The molecule has 0 radical (unpaired) electrons. The number of esters is 1. The molecule has 3 aromatic rings. The van der Waals surface area contributed by atoms with E-state index in [1.54, 1.807) is 14.0 Å². The van der Waals surface area contributed by atoms with Crippen LogP contribution in [0.4, 0.5) is 11.4 Å². The fraction of sp³-hybridized carbons (Fsp3) is 0.200. The molecule has 0 saturated heterocycles. The molecule has 5 nitrogen and oxygen atoms in total. The van der Waals surface area contributed by atoms with E-state index in [4.69, 9.17) is 21.1 Å². The van der Waals surface area contributed by atoms with E-state index in [0.29, 0.717) is 27.5 Å². The molecular formula is C20H18BrClN2O3. The zero-order chi connectivity index (χ0) is 19.6. The lowest BCUT2D eigenvalue weighted by molar-refractivity contribution is 0.0527. The number of anilines is 2. The Morgan fingerprint density at radius 1 is 1.33 bits per heavy atom. The van der Waals surface area contributed by atoms with Gasteiger partial charge in [-0.15, -0.1) is 0 Å². The number of carbonyl (C=O) groups excluding carboxylic acids is 1. The van der Waals surface area contributed by atoms with E-state index in [-0.39, 0.29) is 6.61 Å². The highest BCUT2D eigenvalue weighted by molar-refractivity contribution is 9.10. The maximum atomic E-state index is 12.5. The number of nitrogens with zero attached hydrogens (tertiary/aromatic N) is 1. The van der Waals surface area contributed by atoms with Gasteiger partial charge in [-0.3, -0.25) is 4.98 Å². The summed E-state index contributed by atoms with van der Waals surface area (Å²) < 4.78 is 11.3. The van der Waals surface area contributed by atoms with Crippen molar-refractivity contribution >= 4 is 55.8 Å². The molecule has 140 valence electrons.